The van der Waals surface area contributed by atoms with Crippen molar-refractivity contribution < 1.29 is 33.6 Å². The molecule has 3 atom stereocenters. The molecule has 1 fully saturated rings. The number of unbranched alkanes of at least 4 members (excludes halogenated alkanes) is 1. The second-order valence-corrected chi connectivity index (χ2v) is 11.0. The highest BCUT2D eigenvalue weighted by Gasteiger charge is 2.47. The fourth-order valence-electron chi connectivity index (χ4n) is 6.23. The Morgan fingerprint density at radius 3 is 2.55 bits per heavy atom. The summed E-state index contributed by atoms with van der Waals surface area (Å²) in [6.45, 7) is 4.58. The Morgan fingerprint density at radius 2 is 1.83 bits per heavy atom. The van der Waals surface area contributed by atoms with Crippen LogP contribution in [0.25, 0.3) is 0 Å². The maximum absolute atomic E-state index is 13.6. The fraction of sp³-hybridized carbons (Fsp3) is 0.562. The highest BCUT2D eigenvalue weighted by atomic mass is 16.7. The average molecular weight is 584 g/mol. The van der Waals surface area contributed by atoms with Crippen LogP contribution in [-0.2, 0) is 16.0 Å². The number of amides is 1. The van der Waals surface area contributed by atoms with Gasteiger partial charge in [-0.2, -0.15) is 0 Å². The van der Waals surface area contributed by atoms with Gasteiger partial charge in [0.15, 0.2) is 11.5 Å². The van der Waals surface area contributed by atoms with Gasteiger partial charge < -0.3 is 34.7 Å². The lowest BCUT2D eigenvalue weighted by atomic mass is 9.83. The standard InChI is InChI=1S/C32H45N3O7/c1-4-5-15-34(16-9-14-33)29(36)20-35-19-24(23-17-27(40-3)31-28(18-23)41-21-42-31)30(32(37)38)25(35)12-8-11-22-10-6-7-13-26(22)39-2/h6-7,10,13,17-18,24-25,30H,4-5,8-9,11-12,14-16,19-21,33H2,1-3H3,(H,37,38)/t24-,25+,30-/m1/s1. The number of carboxylic acid groups (broad SMARTS) is 1. The van der Waals surface area contributed by atoms with Crippen molar-refractivity contribution in [1.29, 1.82) is 0 Å². The zero-order chi connectivity index (χ0) is 30.1. The van der Waals surface area contributed by atoms with Crippen LogP contribution in [0.5, 0.6) is 23.0 Å². The molecule has 2 aromatic rings. The molecule has 0 bridgehead atoms. The van der Waals surface area contributed by atoms with E-state index in [2.05, 4.69) is 11.8 Å². The predicted octanol–water partition coefficient (Wildman–Crippen LogP) is 3.90. The van der Waals surface area contributed by atoms with E-state index in [0.717, 1.165) is 49.0 Å². The minimum atomic E-state index is -0.875. The number of methoxy groups -OCH3 is 2. The summed E-state index contributed by atoms with van der Waals surface area (Å²) in [5.41, 5.74) is 7.64. The monoisotopic (exact) mass is 583 g/mol. The predicted molar refractivity (Wildman–Crippen MR) is 159 cm³/mol. The number of likely N-dealkylation sites (tertiary alicyclic amines) is 1. The lowest BCUT2D eigenvalue weighted by Crippen LogP contribution is -2.45. The van der Waals surface area contributed by atoms with Crippen molar-refractivity contribution in [2.75, 3.05) is 53.7 Å². The van der Waals surface area contributed by atoms with Gasteiger partial charge in [0.05, 0.1) is 26.7 Å². The largest absolute Gasteiger partial charge is 0.496 e. The first-order valence-electron chi connectivity index (χ1n) is 15.0. The van der Waals surface area contributed by atoms with Gasteiger partial charge in [0.2, 0.25) is 18.4 Å². The number of carboxylic acids is 1. The number of hydrogen-bond donors (Lipinski definition) is 2. The van der Waals surface area contributed by atoms with Crippen LogP contribution < -0.4 is 24.7 Å². The van der Waals surface area contributed by atoms with Gasteiger partial charge in [0.25, 0.3) is 0 Å². The molecular weight excluding hydrogens is 538 g/mol. The average Bonchev–Trinajstić information content (AvgIpc) is 3.62. The summed E-state index contributed by atoms with van der Waals surface area (Å²) in [7, 11) is 3.21. The number of nitrogens with zero attached hydrogens (tertiary/aromatic N) is 2. The molecule has 0 saturated carbocycles. The Labute approximate surface area is 248 Å². The van der Waals surface area contributed by atoms with Gasteiger partial charge in [-0.1, -0.05) is 31.5 Å². The summed E-state index contributed by atoms with van der Waals surface area (Å²) in [5, 5.41) is 10.6. The number of aryl methyl sites for hydroxylation is 1. The Balaban J connectivity index is 1.61. The van der Waals surface area contributed by atoms with Crippen molar-refractivity contribution in [3.8, 4) is 23.0 Å². The molecule has 10 heteroatoms. The number of hydrogen-bond acceptors (Lipinski definition) is 8. The smallest absolute Gasteiger partial charge is 0.308 e. The molecule has 2 aliphatic rings. The van der Waals surface area contributed by atoms with E-state index in [1.165, 1.54) is 0 Å². The van der Waals surface area contributed by atoms with Crippen molar-refractivity contribution in [3.63, 3.8) is 0 Å². The first-order valence-corrected chi connectivity index (χ1v) is 15.0. The molecule has 230 valence electrons. The molecule has 42 heavy (non-hydrogen) atoms. The van der Waals surface area contributed by atoms with Crippen LogP contribution in [0, 0.1) is 5.92 Å². The van der Waals surface area contributed by atoms with Crippen molar-refractivity contribution in [2.45, 2.75) is 57.4 Å². The van der Waals surface area contributed by atoms with Crippen LogP contribution >= 0.6 is 0 Å². The van der Waals surface area contributed by atoms with Gasteiger partial charge in [-0.15, -0.1) is 0 Å². The first kappa shape index (κ1) is 31.4. The number of ether oxygens (including phenoxy) is 4. The molecule has 10 nitrogen and oxygen atoms in total. The van der Waals surface area contributed by atoms with E-state index in [4.69, 9.17) is 24.7 Å². The summed E-state index contributed by atoms with van der Waals surface area (Å²) >= 11 is 0. The number of rotatable bonds is 16. The van der Waals surface area contributed by atoms with Crippen molar-refractivity contribution in [2.24, 2.45) is 11.7 Å². The van der Waals surface area contributed by atoms with Crippen LogP contribution in [-0.4, -0.2) is 86.6 Å². The molecule has 0 unspecified atom stereocenters. The number of benzene rings is 2. The molecule has 0 aliphatic carbocycles. The molecule has 0 spiro atoms. The molecule has 2 aromatic carbocycles. The number of carbonyl (C=O) groups excluding carboxylic acids is 1. The highest BCUT2D eigenvalue weighted by Crippen LogP contribution is 2.47. The topological polar surface area (TPSA) is 124 Å². The Bertz CT molecular complexity index is 1200. The maximum atomic E-state index is 13.6. The number of nitrogens with two attached hydrogens (primary N) is 1. The normalized spacial score (nSPS) is 19.6. The van der Waals surface area contributed by atoms with Gasteiger partial charge in [0.1, 0.15) is 5.75 Å². The quantitative estimate of drug-likeness (QED) is 0.303. The Hall–Kier alpha value is -3.50. The van der Waals surface area contributed by atoms with E-state index >= 15 is 0 Å². The molecule has 0 radical (unpaired) electrons. The zero-order valence-corrected chi connectivity index (χ0v) is 25.0. The van der Waals surface area contributed by atoms with Gasteiger partial charge in [-0.05, 0) is 68.0 Å². The molecule has 3 N–H and O–H groups in total. The third-order valence-electron chi connectivity index (χ3n) is 8.39. The van der Waals surface area contributed by atoms with E-state index in [1.54, 1.807) is 14.2 Å². The molecule has 0 aromatic heterocycles. The SMILES string of the molecule is CCCCN(CCCN)C(=O)CN1C[C@H](c2cc(OC)c3c(c2)OCO3)[C@@H](C(=O)O)[C@@H]1CCCc1ccccc1OC. The van der Waals surface area contributed by atoms with Crippen molar-refractivity contribution in [3.05, 3.63) is 47.5 Å². The summed E-state index contributed by atoms with van der Waals surface area (Å²) in [4.78, 5) is 30.5. The van der Waals surface area contributed by atoms with Crippen LogP contribution in [0.3, 0.4) is 0 Å². The highest BCUT2D eigenvalue weighted by molar-refractivity contribution is 5.79. The van der Waals surface area contributed by atoms with Crippen molar-refractivity contribution in [1.82, 2.24) is 9.80 Å². The Kier molecular flexibility index (Phi) is 11.3. The minimum absolute atomic E-state index is 0.0136. The minimum Gasteiger partial charge on any atom is -0.496 e. The van der Waals surface area contributed by atoms with Gasteiger partial charge in [0, 0.05) is 31.6 Å². The van der Waals surface area contributed by atoms with Crippen LogP contribution in [0.15, 0.2) is 36.4 Å². The second-order valence-electron chi connectivity index (χ2n) is 11.0. The lowest BCUT2D eigenvalue weighted by molar-refractivity contribution is -0.143. The Morgan fingerprint density at radius 1 is 1.07 bits per heavy atom. The zero-order valence-electron chi connectivity index (χ0n) is 25.0. The lowest BCUT2D eigenvalue weighted by Gasteiger charge is -2.30. The van der Waals surface area contributed by atoms with Crippen molar-refractivity contribution >= 4 is 11.9 Å². The van der Waals surface area contributed by atoms with E-state index in [9.17, 15) is 14.7 Å². The summed E-state index contributed by atoms with van der Waals surface area (Å²) in [6.07, 6.45) is 4.75. The summed E-state index contributed by atoms with van der Waals surface area (Å²) < 4.78 is 22.3. The summed E-state index contributed by atoms with van der Waals surface area (Å²) in [5.74, 6) is 0.471. The third-order valence-corrected chi connectivity index (χ3v) is 8.39. The molecule has 1 amide bonds. The summed E-state index contributed by atoms with van der Waals surface area (Å²) in [6, 6.07) is 11.3. The first-order chi connectivity index (χ1) is 20.4. The van der Waals surface area contributed by atoms with Crippen LogP contribution in [0.1, 0.15) is 56.1 Å². The number of aliphatic carboxylic acids is 1. The maximum Gasteiger partial charge on any atom is 0.308 e. The number of para-hydroxylation sites is 1. The molecule has 2 aliphatic heterocycles. The van der Waals surface area contributed by atoms with E-state index in [-0.39, 0.29) is 31.2 Å². The molecule has 2 heterocycles. The van der Waals surface area contributed by atoms with E-state index in [0.29, 0.717) is 49.8 Å². The second kappa shape index (κ2) is 15.1. The number of fused-ring (bicyclic) bond motifs is 1. The fourth-order valence-corrected chi connectivity index (χ4v) is 6.23. The van der Waals surface area contributed by atoms with Gasteiger partial charge in [-0.3, -0.25) is 14.5 Å². The third kappa shape index (κ3) is 7.28. The molecular formula is C32H45N3O7. The van der Waals surface area contributed by atoms with E-state index in [1.807, 2.05) is 41.3 Å². The molecule has 4 rings (SSSR count). The van der Waals surface area contributed by atoms with Crippen LogP contribution in [0.4, 0.5) is 0 Å². The van der Waals surface area contributed by atoms with Gasteiger partial charge >= 0.3 is 5.97 Å². The number of carbonyl (C=O) groups is 2. The van der Waals surface area contributed by atoms with Crippen LogP contribution in [0.2, 0.25) is 0 Å². The van der Waals surface area contributed by atoms with Gasteiger partial charge in [-0.25, -0.2) is 0 Å². The molecule has 1 saturated heterocycles. The van der Waals surface area contributed by atoms with E-state index < -0.39 is 11.9 Å².